The Morgan fingerprint density at radius 3 is 2.71 bits per heavy atom. The first-order valence-electron chi connectivity index (χ1n) is 4.65. The van der Waals surface area contributed by atoms with Crippen LogP contribution in [-0.4, -0.2) is 35.8 Å². The van der Waals surface area contributed by atoms with Crippen molar-refractivity contribution in [1.82, 2.24) is 0 Å². The van der Waals surface area contributed by atoms with Gasteiger partial charge in [0.15, 0.2) is 0 Å². The third-order valence-corrected chi connectivity index (χ3v) is 2.87. The van der Waals surface area contributed by atoms with Crippen molar-refractivity contribution in [2.24, 2.45) is 0 Å². The molecule has 0 aromatic carbocycles. The molecule has 0 saturated carbocycles. The van der Waals surface area contributed by atoms with Crippen LogP contribution in [-0.2, 0) is 9.53 Å². The Bertz CT molecular complexity index is 202. The molecule has 0 amide bonds. The summed E-state index contributed by atoms with van der Waals surface area (Å²) in [5, 5.41) is 8.99. The Balaban J connectivity index is 3.99. The molecule has 0 aromatic heterocycles. The molecule has 1 atom stereocenters. The molecule has 0 aliphatic carbocycles. The highest BCUT2D eigenvalue weighted by Gasteiger charge is 2.06. The molecule has 0 rings (SSSR count). The number of aliphatic hydroxyl groups is 1. The second-order valence-corrected chi connectivity index (χ2v) is 4.37. The van der Waals surface area contributed by atoms with Crippen LogP contribution in [0, 0.1) is 0 Å². The molecule has 4 heteroatoms. The van der Waals surface area contributed by atoms with Crippen molar-refractivity contribution < 1.29 is 14.6 Å². The Morgan fingerprint density at radius 1 is 1.64 bits per heavy atom. The lowest BCUT2D eigenvalue weighted by Gasteiger charge is -2.06. The van der Waals surface area contributed by atoms with Crippen LogP contribution < -0.4 is 0 Å². The summed E-state index contributed by atoms with van der Waals surface area (Å²) in [7, 11) is 1.38. The van der Waals surface area contributed by atoms with E-state index in [2.05, 4.69) is 4.74 Å². The summed E-state index contributed by atoms with van der Waals surface area (Å²) in [4.78, 5) is 11.1. The fourth-order valence-electron chi connectivity index (χ4n) is 0.869. The van der Waals surface area contributed by atoms with Crippen molar-refractivity contribution in [3.63, 3.8) is 0 Å². The third-order valence-electron chi connectivity index (χ3n) is 1.80. The highest BCUT2D eigenvalue weighted by atomic mass is 32.2. The van der Waals surface area contributed by atoms with Gasteiger partial charge in [0.1, 0.15) is 0 Å². The van der Waals surface area contributed by atoms with Gasteiger partial charge in [0.2, 0.25) is 0 Å². The fourth-order valence-corrected chi connectivity index (χ4v) is 1.60. The maximum absolute atomic E-state index is 11.1. The molecular formula is C10H18O3S. The van der Waals surface area contributed by atoms with Crippen LogP contribution in [0.5, 0.6) is 0 Å². The highest BCUT2D eigenvalue weighted by Crippen LogP contribution is 2.12. The highest BCUT2D eigenvalue weighted by molar-refractivity contribution is 8.00. The molecule has 0 bridgehead atoms. The number of methoxy groups -OCH3 is 1. The van der Waals surface area contributed by atoms with E-state index in [1.54, 1.807) is 11.8 Å². The van der Waals surface area contributed by atoms with Crippen molar-refractivity contribution in [2.45, 2.75) is 25.5 Å². The predicted octanol–water partition coefficient (Wildman–Crippen LogP) is 1.61. The molecule has 0 aliphatic rings. The van der Waals surface area contributed by atoms with Gasteiger partial charge in [0, 0.05) is 16.6 Å². The van der Waals surface area contributed by atoms with E-state index in [0.29, 0.717) is 12.0 Å². The lowest BCUT2D eigenvalue weighted by Crippen LogP contribution is -2.06. The van der Waals surface area contributed by atoms with E-state index in [9.17, 15) is 4.79 Å². The molecule has 0 saturated heterocycles. The number of thioether (sulfide) groups is 1. The predicted molar refractivity (Wildman–Crippen MR) is 59.4 cm³/mol. The number of ether oxygens (including phenoxy) is 1. The number of esters is 1. The zero-order chi connectivity index (χ0) is 11.0. The molecule has 3 nitrogen and oxygen atoms in total. The van der Waals surface area contributed by atoms with Crippen LogP contribution in [0.25, 0.3) is 0 Å². The van der Waals surface area contributed by atoms with Crippen LogP contribution in [0.1, 0.15) is 20.3 Å². The Labute approximate surface area is 89.5 Å². The SMILES string of the molecule is CCC(=CCSC(C)CO)C(=O)OC. The van der Waals surface area contributed by atoms with Gasteiger partial charge in [-0.25, -0.2) is 4.79 Å². The van der Waals surface area contributed by atoms with Crippen LogP contribution in [0.4, 0.5) is 0 Å². The van der Waals surface area contributed by atoms with Crippen molar-refractivity contribution in [1.29, 1.82) is 0 Å². The zero-order valence-electron chi connectivity index (χ0n) is 8.95. The average Bonchev–Trinajstić information content (AvgIpc) is 2.22. The third kappa shape index (κ3) is 5.29. The summed E-state index contributed by atoms with van der Waals surface area (Å²) in [5.41, 5.74) is 0.699. The van der Waals surface area contributed by atoms with E-state index < -0.39 is 0 Å². The molecule has 0 aliphatic heterocycles. The summed E-state index contributed by atoms with van der Waals surface area (Å²) in [5.74, 6) is 0.477. The van der Waals surface area contributed by atoms with Crippen molar-refractivity contribution >= 4 is 17.7 Å². The van der Waals surface area contributed by atoms with Crippen molar-refractivity contribution in [3.05, 3.63) is 11.6 Å². The summed E-state index contributed by atoms with van der Waals surface area (Å²) < 4.78 is 4.62. The van der Waals surface area contributed by atoms with Crippen molar-refractivity contribution in [2.75, 3.05) is 19.5 Å². The Morgan fingerprint density at radius 2 is 2.29 bits per heavy atom. The van der Waals surface area contributed by atoms with Gasteiger partial charge in [0.25, 0.3) is 0 Å². The van der Waals surface area contributed by atoms with Gasteiger partial charge >= 0.3 is 5.97 Å². The first kappa shape index (κ1) is 13.5. The van der Waals surface area contributed by atoms with E-state index >= 15 is 0 Å². The van der Waals surface area contributed by atoms with Crippen LogP contribution in [0.15, 0.2) is 11.6 Å². The molecule has 14 heavy (non-hydrogen) atoms. The van der Waals surface area contributed by atoms with E-state index in [1.165, 1.54) is 7.11 Å². The first-order chi connectivity index (χ1) is 6.65. The molecule has 82 valence electrons. The summed E-state index contributed by atoms with van der Waals surface area (Å²) in [6, 6.07) is 0. The summed E-state index contributed by atoms with van der Waals surface area (Å²) >= 11 is 1.61. The fraction of sp³-hybridized carbons (Fsp3) is 0.700. The van der Waals surface area contributed by atoms with Gasteiger partial charge in [-0.1, -0.05) is 19.9 Å². The second kappa shape index (κ2) is 7.88. The lowest BCUT2D eigenvalue weighted by atomic mass is 10.2. The Kier molecular flexibility index (Phi) is 7.61. The van der Waals surface area contributed by atoms with Crippen LogP contribution in [0.2, 0.25) is 0 Å². The van der Waals surface area contributed by atoms with E-state index in [4.69, 9.17) is 5.11 Å². The Hall–Kier alpha value is -0.480. The van der Waals surface area contributed by atoms with E-state index in [-0.39, 0.29) is 17.8 Å². The summed E-state index contributed by atoms with van der Waals surface area (Å²) in [6.45, 7) is 4.03. The minimum Gasteiger partial charge on any atom is -0.466 e. The lowest BCUT2D eigenvalue weighted by molar-refractivity contribution is -0.136. The second-order valence-electron chi connectivity index (χ2n) is 2.90. The van der Waals surface area contributed by atoms with Gasteiger partial charge in [-0.2, -0.15) is 11.8 Å². The molecular weight excluding hydrogens is 200 g/mol. The van der Waals surface area contributed by atoms with E-state index in [0.717, 1.165) is 5.75 Å². The number of carbonyl (C=O) groups excluding carboxylic acids is 1. The van der Waals surface area contributed by atoms with Gasteiger partial charge in [-0.3, -0.25) is 0 Å². The molecule has 1 N–H and O–H groups in total. The van der Waals surface area contributed by atoms with Crippen LogP contribution >= 0.6 is 11.8 Å². The number of rotatable bonds is 6. The minimum absolute atomic E-state index is 0.165. The van der Waals surface area contributed by atoms with E-state index in [1.807, 2.05) is 19.9 Å². The maximum atomic E-state index is 11.1. The zero-order valence-corrected chi connectivity index (χ0v) is 9.76. The number of carbonyl (C=O) groups is 1. The molecule has 0 aromatic rings. The number of hydrogen-bond acceptors (Lipinski definition) is 4. The number of hydrogen-bond donors (Lipinski definition) is 1. The smallest absolute Gasteiger partial charge is 0.333 e. The molecule has 0 heterocycles. The standard InChI is InChI=1S/C10H18O3S/c1-4-9(10(12)13-3)5-6-14-8(2)7-11/h5,8,11H,4,6-7H2,1-3H3. The molecule has 1 unspecified atom stereocenters. The minimum atomic E-state index is -0.259. The van der Waals surface area contributed by atoms with Gasteiger partial charge in [0.05, 0.1) is 13.7 Å². The van der Waals surface area contributed by atoms with Gasteiger partial charge in [-0.15, -0.1) is 0 Å². The average molecular weight is 218 g/mol. The topological polar surface area (TPSA) is 46.5 Å². The quantitative estimate of drug-likeness (QED) is 0.543. The molecule has 0 spiro atoms. The largest absolute Gasteiger partial charge is 0.466 e. The monoisotopic (exact) mass is 218 g/mol. The molecule has 0 radical (unpaired) electrons. The summed E-state index contributed by atoms with van der Waals surface area (Å²) in [6.07, 6.45) is 2.55. The normalized spacial score (nSPS) is 13.9. The van der Waals surface area contributed by atoms with Gasteiger partial charge in [-0.05, 0) is 6.42 Å². The van der Waals surface area contributed by atoms with Crippen LogP contribution in [0.3, 0.4) is 0 Å². The van der Waals surface area contributed by atoms with Crippen molar-refractivity contribution in [3.8, 4) is 0 Å². The molecule has 0 fully saturated rings. The maximum Gasteiger partial charge on any atom is 0.333 e. The number of aliphatic hydroxyl groups excluding tert-OH is 1. The first-order valence-corrected chi connectivity index (χ1v) is 5.70. The van der Waals surface area contributed by atoms with Gasteiger partial charge < -0.3 is 9.84 Å².